The molecule has 4 nitrogen and oxygen atoms in total. The predicted octanol–water partition coefficient (Wildman–Crippen LogP) is 2.52. The van der Waals surface area contributed by atoms with Crippen LogP contribution in [0.5, 0.6) is 0 Å². The monoisotopic (exact) mass is 405 g/mol. The van der Waals surface area contributed by atoms with E-state index < -0.39 is 12.0 Å². The summed E-state index contributed by atoms with van der Waals surface area (Å²) in [6.45, 7) is 0.503. The number of halogens is 1. The van der Waals surface area contributed by atoms with E-state index in [0.717, 1.165) is 25.8 Å². The first kappa shape index (κ1) is 18.4. The van der Waals surface area contributed by atoms with E-state index in [1.54, 1.807) is 0 Å². The average Bonchev–Trinajstić information content (AvgIpc) is 2.51. The number of hydrogen-bond donors (Lipinski definition) is 2. The molecule has 0 saturated heterocycles. The zero-order chi connectivity index (χ0) is 15.5. The number of benzene rings is 1. The Bertz CT molecular complexity index is 408. The molecule has 21 heavy (non-hydrogen) atoms. The molecule has 118 valence electrons. The molecular weight excluding hydrogens is 381 g/mol. The van der Waals surface area contributed by atoms with Gasteiger partial charge in [-0.3, -0.25) is 4.79 Å². The first-order valence-corrected chi connectivity index (χ1v) is 8.41. The summed E-state index contributed by atoms with van der Waals surface area (Å²) in [6.07, 6.45) is 5.60. The third kappa shape index (κ3) is 7.78. The molecule has 1 aromatic carbocycles. The van der Waals surface area contributed by atoms with Crippen LogP contribution < -0.4 is 5.32 Å². The zero-order valence-corrected chi connectivity index (χ0v) is 14.6. The van der Waals surface area contributed by atoms with E-state index in [2.05, 4.69) is 56.9 Å². The van der Waals surface area contributed by atoms with Crippen LogP contribution in [0.4, 0.5) is 0 Å². The van der Waals surface area contributed by atoms with Crippen molar-refractivity contribution in [3.63, 3.8) is 0 Å². The number of unbranched alkanes of at least 4 members (excludes halogenated alkanes) is 3. The van der Waals surface area contributed by atoms with Gasteiger partial charge in [-0.1, -0.05) is 25.0 Å². The number of nitrogens with one attached hydrogen (secondary N) is 1. The van der Waals surface area contributed by atoms with Gasteiger partial charge in [-0.15, -0.1) is 0 Å². The van der Waals surface area contributed by atoms with Gasteiger partial charge in [0.2, 0.25) is 0 Å². The van der Waals surface area contributed by atoms with E-state index in [4.69, 9.17) is 5.11 Å². The molecule has 0 aromatic heterocycles. The lowest BCUT2D eigenvalue weighted by molar-refractivity contribution is -0.144. The lowest BCUT2D eigenvalue weighted by atomic mass is 10.1. The van der Waals surface area contributed by atoms with Gasteiger partial charge in [0.1, 0.15) is 6.04 Å². The lowest BCUT2D eigenvalue weighted by Gasteiger charge is -2.13. The van der Waals surface area contributed by atoms with Crippen LogP contribution >= 0.6 is 22.6 Å². The topological polar surface area (TPSA) is 58.6 Å². The maximum atomic E-state index is 11.2. The Morgan fingerprint density at radius 2 is 1.90 bits per heavy atom. The van der Waals surface area contributed by atoms with Gasteiger partial charge in [0.25, 0.3) is 0 Å². The average molecular weight is 405 g/mol. The highest BCUT2D eigenvalue weighted by Crippen LogP contribution is 2.10. The quantitative estimate of drug-likeness (QED) is 0.357. The van der Waals surface area contributed by atoms with Gasteiger partial charge >= 0.3 is 5.97 Å². The molecule has 1 rings (SSSR count). The number of carbonyl (C=O) groups is 1. The van der Waals surface area contributed by atoms with Crippen molar-refractivity contribution in [2.45, 2.75) is 38.1 Å². The molecule has 0 aliphatic heterocycles. The predicted molar refractivity (Wildman–Crippen MR) is 92.2 cm³/mol. The van der Waals surface area contributed by atoms with Crippen LogP contribution in [0.1, 0.15) is 31.2 Å². The molecule has 2 N–H and O–H groups in total. The molecule has 0 spiro atoms. The minimum absolute atomic E-state index is 0.223. The molecule has 0 radical (unpaired) electrons. The van der Waals surface area contributed by atoms with Gasteiger partial charge in [-0.2, -0.15) is 0 Å². The van der Waals surface area contributed by atoms with Crippen molar-refractivity contribution in [2.75, 3.05) is 20.3 Å². The normalized spacial score (nSPS) is 12.1. The third-order valence-corrected chi connectivity index (χ3v) is 4.08. The summed E-state index contributed by atoms with van der Waals surface area (Å²) < 4.78 is 5.86. The molecule has 0 aliphatic carbocycles. The maximum Gasteiger partial charge on any atom is 0.325 e. The van der Waals surface area contributed by atoms with Crippen LogP contribution in [0.3, 0.4) is 0 Å². The highest BCUT2D eigenvalue weighted by Gasteiger charge is 2.16. The van der Waals surface area contributed by atoms with E-state index in [0.29, 0.717) is 0 Å². The van der Waals surface area contributed by atoms with E-state index in [1.165, 1.54) is 29.1 Å². The van der Waals surface area contributed by atoms with Crippen molar-refractivity contribution in [1.29, 1.82) is 0 Å². The fourth-order valence-corrected chi connectivity index (χ4v) is 2.46. The van der Waals surface area contributed by atoms with Crippen molar-refractivity contribution in [1.82, 2.24) is 5.32 Å². The van der Waals surface area contributed by atoms with Crippen molar-refractivity contribution in [3.8, 4) is 0 Å². The molecule has 1 unspecified atom stereocenters. The number of rotatable bonds is 10. The molecule has 0 amide bonds. The van der Waals surface area contributed by atoms with Crippen molar-refractivity contribution in [2.24, 2.45) is 0 Å². The van der Waals surface area contributed by atoms with Gasteiger partial charge < -0.3 is 15.2 Å². The number of carbonyl (C=O) groups excluding carboxylic acids is 1. The Labute approximate surface area is 140 Å². The SMILES string of the molecule is COC(=O)C(CO)NCCCCCCc1ccc(I)cc1. The van der Waals surface area contributed by atoms with Crippen molar-refractivity contribution >= 4 is 28.6 Å². The highest BCUT2D eigenvalue weighted by atomic mass is 127. The van der Waals surface area contributed by atoms with Gasteiger partial charge in [-0.25, -0.2) is 0 Å². The summed E-state index contributed by atoms with van der Waals surface area (Å²) in [5, 5.41) is 12.1. The van der Waals surface area contributed by atoms with E-state index in [1.807, 2.05) is 0 Å². The summed E-state index contributed by atoms with van der Waals surface area (Å²) >= 11 is 2.31. The van der Waals surface area contributed by atoms with Crippen LogP contribution in [-0.2, 0) is 16.0 Å². The summed E-state index contributed by atoms with van der Waals surface area (Å²) in [7, 11) is 1.33. The summed E-state index contributed by atoms with van der Waals surface area (Å²) in [5.41, 5.74) is 1.39. The Balaban J connectivity index is 2.04. The van der Waals surface area contributed by atoms with Gasteiger partial charge in [-0.05, 0) is 66.1 Å². The Hall–Kier alpha value is -0.660. The summed E-state index contributed by atoms with van der Waals surface area (Å²) in [5.74, 6) is -0.406. The minimum atomic E-state index is -0.596. The summed E-state index contributed by atoms with van der Waals surface area (Å²) in [6, 6.07) is 8.06. The zero-order valence-electron chi connectivity index (χ0n) is 12.5. The van der Waals surface area contributed by atoms with Gasteiger partial charge in [0, 0.05) is 3.57 Å². The van der Waals surface area contributed by atoms with Crippen LogP contribution in [0.2, 0.25) is 0 Å². The van der Waals surface area contributed by atoms with Gasteiger partial charge in [0.15, 0.2) is 0 Å². The smallest absolute Gasteiger partial charge is 0.325 e. The van der Waals surface area contributed by atoms with Crippen molar-refractivity contribution in [3.05, 3.63) is 33.4 Å². The van der Waals surface area contributed by atoms with E-state index in [9.17, 15) is 4.79 Å². The first-order valence-electron chi connectivity index (χ1n) is 7.34. The fourth-order valence-electron chi connectivity index (χ4n) is 2.10. The van der Waals surface area contributed by atoms with Crippen molar-refractivity contribution < 1.29 is 14.6 Å². The number of hydrogen-bond acceptors (Lipinski definition) is 4. The molecule has 5 heteroatoms. The third-order valence-electron chi connectivity index (χ3n) is 3.36. The minimum Gasteiger partial charge on any atom is -0.468 e. The van der Waals surface area contributed by atoms with Crippen LogP contribution in [0.25, 0.3) is 0 Å². The number of aliphatic hydroxyl groups is 1. The Morgan fingerprint density at radius 3 is 2.52 bits per heavy atom. The molecule has 1 aromatic rings. The second-order valence-corrected chi connectivity index (χ2v) is 6.25. The molecule has 0 saturated carbocycles. The maximum absolute atomic E-state index is 11.2. The number of aliphatic hydroxyl groups excluding tert-OH is 1. The first-order chi connectivity index (χ1) is 10.2. The van der Waals surface area contributed by atoms with Gasteiger partial charge in [0.05, 0.1) is 13.7 Å². The number of aryl methyl sites for hydroxylation is 1. The Kier molecular flexibility index (Phi) is 9.62. The van der Waals surface area contributed by atoms with E-state index >= 15 is 0 Å². The van der Waals surface area contributed by atoms with Crippen LogP contribution in [-0.4, -0.2) is 37.4 Å². The van der Waals surface area contributed by atoms with E-state index in [-0.39, 0.29) is 6.61 Å². The molecule has 0 bridgehead atoms. The number of esters is 1. The van der Waals surface area contributed by atoms with Crippen LogP contribution in [0, 0.1) is 3.57 Å². The number of methoxy groups -OCH3 is 1. The molecular formula is C16H24INO3. The largest absolute Gasteiger partial charge is 0.468 e. The van der Waals surface area contributed by atoms with Crippen LogP contribution in [0.15, 0.2) is 24.3 Å². The standard InChI is InChI=1S/C16H24INO3/c1-21-16(20)15(12-19)18-11-5-3-2-4-6-13-7-9-14(17)10-8-13/h7-10,15,18-19H,2-6,11-12H2,1H3. The molecule has 1 atom stereocenters. The second kappa shape index (κ2) is 11.0. The molecule has 0 aliphatic rings. The molecule has 0 heterocycles. The second-order valence-electron chi connectivity index (χ2n) is 5.00. The summed E-state index contributed by atoms with van der Waals surface area (Å²) in [4.78, 5) is 11.2. The lowest BCUT2D eigenvalue weighted by Crippen LogP contribution is -2.41. The fraction of sp³-hybridized carbons (Fsp3) is 0.562. The molecule has 0 fully saturated rings. The Morgan fingerprint density at radius 1 is 1.24 bits per heavy atom. The highest BCUT2D eigenvalue weighted by molar-refractivity contribution is 14.1. The number of ether oxygens (including phenoxy) is 1.